The Hall–Kier alpha value is -0.910. The number of thiophene rings is 1. The highest BCUT2D eigenvalue weighted by Gasteiger charge is 2.20. The van der Waals surface area contributed by atoms with Gasteiger partial charge in [-0.15, -0.1) is 11.8 Å². The molecule has 2 unspecified atom stereocenters. The van der Waals surface area contributed by atoms with Crippen LogP contribution in [0.15, 0.2) is 39.9 Å². The highest BCUT2D eigenvalue weighted by molar-refractivity contribution is 7.99. The van der Waals surface area contributed by atoms with E-state index in [9.17, 15) is 8.78 Å². The fraction of sp³-hybridized carbons (Fsp3) is 0.286. The van der Waals surface area contributed by atoms with Gasteiger partial charge in [0.15, 0.2) is 11.6 Å². The molecule has 5 heteroatoms. The molecule has 0 spiro atoms. The standard InChI is InChI=1S/C14H15F2NS2/c1-2-13(17)14(9-5-6-18-8-9)19-10-3-4-11(15)12(16)7-10/h3-8,13-14H,2,17H2,1H3. The van der Waals surface area contributed by atoms with Crippen molar-refractivity contribution in [1.82, 2.24) is 0 Å². The highest BCUT2D eigenvalue weighted by atomic mass is 32.2. The first-order valence-electron chi connectivity index (χ1n) is 6.01. The van der Waals surface area contributed by atoms with Crippen molar-refractivity contribution in [3.05, 3.63) is 52.2 Å². The molecule has 2 atom stereocenters. The number of benzene rings is 1. The third-order valence-corrected chi connectivity index (χ3v) is 4.99. The molecule has 0 aliphatic heterocycles. The minimum Gasteiger partial charge on any atom is -0.326 e. The molecular weight excluding hydrogens is 284 g/mol. The highest BCUT2D eigenvalue weighted by Crippen LogP contribution is 2.39. The topological polar surface area (TPSA) is 26.0 Å². The molecule has 0 aliphatic rings. The summed E-state index contributed by atoms with van der Waals surface area (Å²) in [6.07, 6.45) is 0.831. The van der Waals surface area contributed by atoms with Gasteiger partial charge in [0.2, 0.25) is 0 Å². The van der Waals surface area contributed by atoms with Gasteiger partial charge in [0.1, 0.15) is 0 Å². The lowest BCUT2D eigenvalue weighted by molar-refractivity contribution is 0.506. The maximum atomic E-state index is 13.2. The minimum absolute atomic E-state index is 0.0206. The van der Waals surface area contributed by atoms with Crippen molar-refractivity contribution in [3.63, 3.8) is 0 Å². The fourth-order valence-electron chi connectivity index (χ4n) is 1.75. The summed E-state index contributed by atoms with van der Waals surface area (Å²) < 4.78 is 26.2. The summed E-state index contributed by atoms with van der Waals surface area (Å²) in [7, 11) is 0. The smallest absolute Gasteiger partial charge is 0.159 e. The second-order valence-corrected chi connectivity index (χ2v) is 6.24. The zero-order valence-corrected chi connectivity index (χ0v) is 12.1. The monoisotopic (exact) mass is 299 g/mol. The molecule has 0 saturated heterocycles. The predicted molar refractivity (Wildman–Crippen MR) is 77.5 cm³/mol. The van der Waals surface area contributed by atoms with Crippen molar-refractivity contribution >= 4 is 23.1 Å². The molecule has 1 nitrogen and oxygen atoms in total. The Morgan fingerprint density at radius 1 is 1.26 bits per heavy atom. The molecule has 102 valence electrons. The predicted octanol–water partition coefficient (Wildman–Crippen LogP) is 4.60. The van der Waals surface area contributed by atoms with E-state index in [1.54, 1.807) is 17.4 Å². The summed E-state index contributed by atoms with van der Waals surface area (Å²) in [6, 6.07) is 5.97. The van der Waals surface area contributed by atoms with E-state index in [2.05, 4.69) is 0 Å². The SMILES string of the molecule is CCC(N)C(Sc1ccc(F)c(F)c1)c1ccsc1. The molecule has 0 amide bonds. The Balaban J connectivity index is 2.23. The van der Waals surface area contributed by atoms with Crippen LogP contribution in [0.5, 0.6) is 0 Å². The van der Waals surface area contributed by atoms with Crippen LogP contribution in [0.25, 0.3) is 0 Å². The molecule has 2 rings (SSSR count). The van der Waals surface area contributed by atoms with Crippen LogP contribution in [0, 0.1) is 11.6 Å². The number of thioether (sulfide) groups is 1. The zero-order valence-electron chi connectivity index (χ0n) is 10.5. The van der Waals surface area contributed by atoms with Gasteiger partial charge < -0.3 is 5.73 Å². The van der Waals surface area contributed by atoms with Crippen LogP contribution in [0.2, 0.25) is 0 Å². The summed E-state index contributed by atoms with van der Waals surface area (Å²) in [5.74, 6) is -1.64. The number of halogens is 2. The first kappa shape index (κ1) is 14.5. The Morgan fingerprint density at radius 3 is 2.63 bits per heavy atom. The van der Waals surface area contributed by atoms with Crippen molar-refractivity contribution in [2.75, 3.05) is 0 Å². The molecule has 1 heterocycles. The van der Waals surface area contributed by atoms with E-state index in [0.717, 1.165) is 18.1 Å². The van der Waals surface area contributed by atoms with Crippen LogP contribution >= 0.6 is 23.1 Å². The zero-order chi connectivity index (χ0) is 13.8. The summed E-state index contributed by atoms with van der Waals surface area (Å²) >= 11 is 3.09. The van der Waals surface area contributed by atoms with Crippen LogP contribution in [0.4, 0.5) is 8.78 Å². The lowest BCUT2D eigenvalue weighted by Gasteiger charge is -2.21. The maximum absolute atomic E-state index is 13.2. The van der Waals surface area contributed by atoms with Gasteiger partial charge >= 0.3 is 0 Å². The molecule has 19 heavy (non-hydrogen) atoms. The first-order chi connectivity index (χ1) is 9.11. The van der Waals surface area contributed by atoms with E-state index in [4.69, 9.17) is 5.73 Å². The molecule has 1 aromatic carbocycles. The quantitative estimate of drug-likeness (QED) is 0.817. The second-order valence-electron chi connectivity index (χ2n) is 4.24. The van der Waals surface area contributed by atoms with Gasteiger partial charge in [0.05, 0.1) is 5.25 Å². The van der Waals surface area contributed by atoms with Crippen LogP contribution in [-0.4, -0.2) is 6.04 Å². The summed E-state index contributed by atoms with van der Waals surface area (Å²) in [6.45, 7) is 2.02. The van der Waals surface area contributed by atoms with Crippen molar-refractivity contribution in [1.29, 1.82) is 0 Å². The molecule has 0 saturated carbocycles. The number of hydrogen-bond donors (Lipinski definition) is 1. The van der Waals surface area contributed by atoms with Crippen molar-refractivity contribution < 1.29 is 8.78 Å². The molecule has 2 N–H and O–H groups in total. The Kier molecular flexibility index (Phi) is 4.96. The summed E-state index contributed by atoms with van der Waals surface area (Å²) in [5, 5.41) is 4.10. The maximum Gasteiger partial charge on any atom is 0.159 e. The normalized spacial score (nSPS) is 14.3. The van der Waals surface area contributed by atoms with Crippen molar-refractivity contribution in [3.8, 4) is 0 Å². The van der Waals surface area contributed by atoms with Crippen LogP contribution in [-0.2, 0) is 0 Å². The van der Waals surface area contributed by atoms with Gasteiger partial charge in [0.25, 0.3) is 0 Å². The average molecular weight is 299 g/mol. The number of nitrogens with two attached hydrogens (primary N) is 1. The summed E-state index contributed by atoms with van der Waals surface area (Å²) in [5.41, 5.74) is 7.27. The number of rotatable bonds is 5. The second kappa shape index (κ2) is 6.50. The van der Waals surface area contributed by atoms with E-state index in [1.807, 2.05) is 23.8 Å². The van der Waals surface area contributed by atoms with Gasteiger partial charge in [-0.25, -0.2) is 8.78 Å². The van der Waals surface area contributed by atoms with E-state index in [-0.39, 0.29) is 11.3 Å². The first-order valence-corrected chi connectivity index (χ1v) is 7.83. The van der Waals surface area contributed by atoms with E-state index >= 15 is 0 Å². The third kappa shape index (κ3) is 3.55. The summed E-state index contributed by atoms with van der Waals surface area (Å²) in [4.78, 5) is 0.694. The van der Waals surface area contributed by atoms with E-state index in [1.165, 1.54) is 17.8 Å². The van der Waals surface area contributed by atoms with Crippen LogP contribution in [0.3, 0.4) is 0 Å². The van der Waals surface area contributed by atoms with E-state index in [0.29, 0.717) is 4.90 Å². The van der Waals surface area contributed by atoms with Crippen LogP contribution in [0.1, 0.15) is 24.2 Å². The Morgan fingerprint density at radius 2 is 2.05 bits per heavy atom. The fourth-order valence-corrected chi connectivity index (χ4v) is 3.79. The minimum atomic E-state index is -0.823. The molecule has 0 aliphatic carbocycles. The molecule has 0 radical (unpaired) electrons. The van der Waals surface area contributed by atoms with Crippen molar-refractivity contribution in [2.24, 2.45) is 5.73 Å². The molecule has 0 bridgehead atoms. The van der Waals surface area contributed by atoms with Gasteiger partial charge in [0, 0.05) is 10.9 Å². The van der Waals surface area contributed by atoms with Gasteiger partial charge in [-0.3, -0.25) is 0 Å². The molecule has 1 aromatic heterocycles. The molecule has 2 aromatic rings. The van der Waals surface area contributed by atoms with Crippen LogP contribution < -0.4 is 5.73 Å². The van der Waals surface area contributed by atoms with Gasteiger partial charge in [-0.2, -0.15) is 11.3 Å². The lowest BCUT2D eigenvalue weighted by atomic mass is 10.1. The Labute approximate surface area is 119 Å². The van der Waals surface area contributed by atoms with E-state index < -0.39 is 11.6 Å². The molecule has 0 fully saturated rings. The average Bonchev–Trinajstić information content (AvgIpc) is 2.93. The third-order valence-electron chi connectivity index (χ3n) is 2.89. The largest absolute Gasteiger partial charge is 0.326 e. The lowest BCUT2D eigenvalue weighted by Crippen LogP contribution is -2.25. The van der Waals surface area contributed by atoms with Gasteiger partial charge in [-0.1, -0.05) is 6.92 Å². The number of hydrogen-bond acceptors (Lipinski definition) is 3. The Bertz CT molecular complexity index is 528. The van der Waals surface area contributed by atoms with Gasteiger partial charge in [-0.05, 0) is 47.0 Å². The van der Waals surface area contributed by atoms with Crippen molar-refractivity contribution in [2.45, 2.75) is 29.5 Å². The molecular formula is C14H15F2NS2.